The van der Waals surface area contributed by atoms with Crippen LogP contribution in [0.2, 0.25) is 5.02 Å². The van der Waals surface area contributed by atoms with Gasteiger partial charge >= 0.3 is 6.09 Å². The predicted octanol–water partition coefficient (Wildman–Crippen LogP) is 3.80. The van der Waals surface area contributed by atoms with E-state index < -0.39 is 11.4 Å². The smallest absolute Gasteiger partial charge is 0.410 e. The van der Waals surface area contributed by atoms with Crippen LogP contribution in [0.3, 0.4) is 0 Å². The molecule has 130 valence electrons. The fraction of sp³-hybridized carbons (Fsp3) is 0.562. The van der Waals surface area contributed by atoms with E-state index in [4.69, 9.17) is 16.3 Å². The van der Waals surface area contributed by atoms with Gasteiger partial charge in [0.1, 0.15) is 16.9 Å². The number of benzene rings is 1. The van der Waals surface area contributed by atoms with Gasteiger partial charge in [-0.3, -0.25) is 0 Å². The lowest BCUT2D eigenvalue weighted by Crippen LogP contribution is -2.42. The second kappa shape index (κ2) is 6.20. The number of carbonyl (C=O) groups excluding carboxylic acids is 1. The van der Waals surface area contributed by atoms with Crippen molar-refractivity contribution in [3.8, 4) is 0 Å². The molecule has 1 aromatic heterocycles. The zero-order valence-electron chi connectivity index (χ0n) is 13.9. The highest BCUT2D eigenvalue weighted by Gasteiger charge is 2.28. The van der Waals surface area contributed by atoms with Gasteiger partial charge in [0, 0.05) is 19.2 Å². The second-order valence-electron chi connectivity index (χ2n) is 6.99. The number of carbonyl (C=O) groups is 1. The van der Waals surface area contributed by atoms with Crippen LogP contribution in [0.5, 0.6) is 0 Å². The van der Waals surface area contributed by atoms with E-state index in [1.165, 1.54) is 6.07 Å². The highest BCUT2D eigenvalue weighted by Crippen LogP contribution is 2.28. The van der Waals surface area contributed by atoms with E-state index in [1.807, 2.05) is 20.8 Å². The summed E-state index contributed by atoms with van der Waals surface area (Å²) in [5.74, 6) is -0.504. The summed E-state index contributed by atoms with van der Waals surface area (Å²) in [7, 11) is 0. The first-order chi connectivity index (χ1) is 11.2. The van der Waals surface area contributed by atoms with Gasteiger partial charge in [-0.25, -0.2) is 13.9 Å². The average molecular weight is 355 g/mol. The number of fused-ring (bicyclic) bond motifs is 1. The summed E-state index contributed by atoms with van der Waals surface area (Å²) in [6.45, 7) is 6.71. The van der Waals surface area contributed by atoms with Gasteiger partial charge in [-0.2, -0.15) is 0 Å². The van der Waals surface area contributed by atoms with Crippen molar-refractivity contribution in [2.45, 2.75) is 45.3 Å². The predicted molar refractivity (Wildman–Crippen MR) is 88.6 cm³/mol. The molecule has 1 fully saturated rings. The SMILES string of the molecule is CC(C)(C)OC(=O)N1CCC(n2nnc3cc(F)c(Cl)cc32)CC1. The molecule has 0 bridgehead atoms. The molecule has 0 saturated carbocycles. The molecule has 0 radical (unpaired) electrons. The number of ether oxygens (including phenoxy) is 1. The molecule has 3 rings (SSSR count). The number of amides is 1. The molecule has 1 amide bonds. The minimum atomic E-state index is -0.504. The Hall–Kier alpha value is -1.89. The summed E-state index contributed by atoms with van der Waals surface area (Å²) in [6, 6.07) is 2.93. The Kier molecular flexibility index (Phi) is 4.38. The van der Waals surface area contributed by atoms with Crippen molar-refractivity contribution in [2.75, 3.05) is 13.1 Å². The fourth-order valence-electron chi connectivity index (χ4n) is 2.82. The van der Waals surface area contributed by atoms with E-state index in [1.54, 1.807) is 15.6 Å². The largest absolute Gasteiger partial charge is 0.444 e. The van der Waals surface area contributed by atoms with Gasteiger partial charge in [-0.1, -0.05) is 16.8 Å². The Balaban J connectivity index is 1.71. The standard InChI is InChI=1S/C16H20ClFN4O2/c1-16(2,3)24-15(23)21-6-4-10(5-7-21)22-14-8-11(17)12(18)9-13(14)19-20-22/h8-10H,4-7H2,1-3H3. The zero-order valence-corrected chi connectivity index (χ0v) is 14.7. The van der Waals surface area contributed by atoms with Crippen LogP contribution in [0.4, 0.5) is 9.18 Å². The third kappa shape index (κ3) is 3.45. The number of hydrogen-bond acceptors (Lipinski definition) is 4. The van der Waals surface area contributed by atoms with Crippen molar-refractivity contribution in [3.05, 3.63) is 23.0 Å². The third-order valence-electron chi connectivity index (χ3n) is 3.98. The Bertz CT molecular complexity index is 763. The molecule has 0 unspecified atom stereocenters. The molecule has 24 heavy (non-hydrogen) atoms. The number of likely N-dealkylation sites (tertiary alicyclic amines) is 1. The number of aromatic nitrogens is 3. The number of hydrogen-bond donors (Lipinski definition) is 0. The van der Waals surface area contributed by atoms with E-state index in [-0.39, 0.29) is 17.2 Å². The van der Waals surface area contributed by atoms with Gasteiger partial charge in [0.25, 0.3) is 0 Å². The topological polar surface area (TPSA) is 60.2 Å². The maximum absolute atomic E-state index is 13.5. The second-order valence-corrected chi connectivity index (χ2v) is 7.39. The van der Waals surface area contributed by atoms with Crippen LogP contribution >= 0.6 is 11.6 Å². The first kappa shape index (κ1) is 17.0. The third-order valence-corrected chi connectivity index (χ3v) is 4.26. The number of halogens is 2. The van der Waals surface area contributed by atoms with Gasteiger partial charge in [0.05, 0.1) is 16.6 Å². The van der Waals surface area contributed by atoms with Crippen molar-refractivity contribution in [1.82, 2.24) is 19.9 Å². The van der Waals surface area contributed by atoms with E-state index in [9.17, 15) is 9.18 Å². The minimum absolute atomic E-state index is 0.0530. The van der Waals surface area contributed by atoms with Crippen molar-refractivity contribution in [1.29, 1.82) is 0 Å². The fourth-order valence-corrected chi connectivity index (χ4v) is 2.98. The molecule has 6 nitrogen and oxygen atoms in total. The van der Waals surface area contributed by atoms with Gasteiger partial charge in [-0.05, 0) is 39.7 Å². The van der Waals surface area contributed by atoms with Crippen LogP contribution in [0.25, 0.3) is 11.0 Å². The molecule has 0 spiro atoms. The van der Waals surface area contributed by atoms with Crippen LogP contribution in [0.15, 0.2) is 12.1 Å². The van der Waals surface area contributed by atoms with Gasteiger partial charge < -0.3 is 9.64 Å². The summed E-state index contributed by atoms with van der Waals surface area (Å²) >= 11 is 5.87. The highest BCUT2D eigenvalue weighted by molar-refractivity contribution is 6.31. The molecule has 0 N–H and O–H groups in total. The molecule has 1 aliphatic heterocycles. The van der Waals surface area contributed by atoms with Crippen LogP contribution in [0.1, 0.15) is 39.7 Å². The molecule has 8 heteroatoms. The molecule has 2 heterocycles. The van der Waals surface area contributed by atoms with Crippen LogP contribution < -0.4 is 0 Å². The van der Waals surface area contributed by atoms with E-state index in [0.717, 1.165) is 12.8 Å². The number of piperidine rings is 1. The lowest BCUT2D eigenvalue weighted by atomic mass is 10.1. The summed E-state index contributed by atoms with van der Waals surface area (Å²) in [6.07, 6.45) is 1.16. The number of rotatable bonds is 1. The summed E-state index contributed by atoms with van der Waals surface area (Å²) in [5.41, 5.74) is 0.681. The van der Waals surface area contributed by atoms with E-state index in [0.29, 0.717) is 24.1 Å². The van der Waals surface area contributed by atoms with Gasteiger partial charge in [0.2, 0.25) is 0 Å². The van der Waals surface area contributed by atoms with Gasteiger partial charge in [0.15, 0.2) is 0 Å². The first-order valence-electron chi connectivity index (χ1n) is 7.92. The Morgan fingerprint density at radius 3 is 2.62 bits per heavy atom. The van der Waals surface area contributed by atoms with Crippen LogP contribution in [-0.2, 0) is 4.74 Å². The van der Waals surface area contributed by atoms with Crippen LogP contribution in [0, 0.1) is 5.82 Å². The van der Waals surface area contributed by atoms with Crippen molar-refractivity contribution in [3.63, 3.8) is 0 Å². The highest BCUT2D eigenvalue weighted by atomic mass is 35.5. The quantitative estimate of drug-likeness (QED) is 0.781. The molecule has 1 saturated heterocycles. The van der Waals surface area contributed by atoms with Crippen molar-refractivity contribution in [2.24, 2.45) is 0 Å². The maximum Gasteiger partial charge on any atom is 0.410 e. The maximum atomic E-state index is 13.5. The lowest BCUT2D eigenvalue weighted by molar-refractivity contribution is 0.0185. The van der Waals surface area contributed by atoms with Crippen LogP contribution in [-0.4, -0.2) is 44.7 Å². The zero-order chi connectivity index (χ0) is 17.5. The Morgan fingerprint density at radius 1 is 1.33 bits per heavy atom. The average Bonchev–Trinajstić information content (AvgIpc) is 2.89. The van der Waals surface area contributed by atoms with Crippen molar-refractivity contribution < 1.29 is 13.9 Å². The van der Waals surface area contributed by atoms with E-state index in [2.05, 4.69) is 10.3 Å². The minimum Gasteiger partial charge on any atom is -0.444 e. The van der Waals surface area contributed by atoms with Gasteiger partial charge in [-0.15, -0.1) is 5.10 Å². The molecule has 1 aliphatic rings. The summed E-state index contributed by atoms with van der Waals surface area (Å²) < 4.78 is 20.7. The Morgan fingerprint density at radius 2 is 2.00 bits per heavy atom. The summed E-state index contributed by atoms with van der Waals surface area (Å²) in [5, 5.41) is 8.20. The number of nitrogens with zero attached hydrogens (tertiary/aromatic N) is 4. The van der Waals surface area contributed by atoms with Crippen molar-refractivity contribution >= 4 is 28.7 Å². The Labute approximate surface area is 144 Å². The molecular formula is C16H20ClFN4O2. The monoisotopic (exact) mass is 354 g/mol. The molecular weight excluding hydrogens is 335 g/mol. The molecule has 0 aliphatic carbocycles. The van der Waals surface area contributed by atoms with E-state index >= 15 is 0 Å². The lowest BCUT2D eigenvalue weighted by Gasteiger charge is -2.33. The molecule has 1 aromatic carbocycles. The first-order valence-corrected chi connectivity index (χ1v) is 8.30. The summed E-state index contributed by atoms with van der Waals surface area (Å²) in [4.78, 5) is 13.8. The molecule has 2 aromatic rings. The molecule has 0 atom stereocenters. The normalized spacial score (nSPS) is 16.6.